The van der Waals surface area contributed by atoms with Crippen molar-refractivity contribution < 1.29 is 14.3 Å². The number of carbonyl (C=O) groups is 1. The molecule has 0 atom stereocenters. The molecule has 4 rings (SSSR count). The highest BCUT2D eigenvalue weighted by Gasteiger charge is 2.24. The smallest absolute Gasteiger partial charge is 0.317 e. The van der Waals surface area contributed by atoms with E-state index < -0.39 is 0 Å². The van der Waals surface area contributed by atoms with Crippen LogP contribution in [0.5, 0.6) is 11.5 Å². The standard InChI is InChI=1S/C23H29N5O3/c1-26-19-7-5-4-6-18(19)25-22(26)27-12-14-28(15-13-27)23(29)24-11-10-17-8-9-20(30-2)21(16-17)31-3/h4-9,16H,10-15H2,1-3H3,(H,24,29). The number of aromatic nitrogens is 2. The van der Waals surface area contributed by atoms with Gasteiger partial charge in [0.2, 0.25) is 5.95 Å². The van der Waals surface area contributed by atoms with Crippen molar-refractivity contribution in [3.05, 3.63) is 48.0 Å². The maximum absolute atomic E-state index is 12.6. The first-order valence-electron chi connectivity index (χ1n) is 10.5. The Balaban J connectivity index is 1.28. The summed E-state index contributed by atoms with van der Waals surface area (Å²) in [5.41, 5.74) is 3.20. The summed E-state index contributed by atoms with van der Waals surface area (Å²) >= 11 is 0. The number of hydrogen-bond acceptors (Lipinski definition) is 5. The first-order chi connectivity index (χ1) is 15.1. The average Bonchev–Trinajstić information content (AvgIpc) is 3.15. The lowest BCUT2D eigenvalue weighted by molar-refractivity contribution is 0.194. The number of amides is 2. The number of fused-ring (bicyclic) bond motifs is 1. The van der Waals surface area contributed by atoms with E-state index in [9.17, 15) is 4.79 Å². The van der Waals surface area contributed by atoms with Crippen LogP contribution in [0, 0.1) is 0 Å². The second-order valence-corrected chi connectivity index (χ2v) is 7.60. The highest BCUT2D eigenvalue weighted by Crippen LogP contribution is 2.27. The molecular weight excluding hydrogens is 394 g/mol. The second-order valence-electron chi connectivity index (χ2n) is 7.60. The van der Waals surface area contributed by atoms with Gasteiger partial charge in [-0.2, -0.15) is 0 Å². The molecule has 164 valence electrons. The van der Waals surface area contributed by atoms with Crippen molar-refractivity contribution in [1.29, 1.82) is 0 Å². The summed E-state index contributed by atoms with van der Waals surface area (Å²) in [5, 5.41) is 3.03. The van der Waals surface area contributed by atoms with Crippen LogP contribution in [0.1, 0.15) is 5.56 Å². The van der Waals surface area contributed by atoms with Crippen molar-refractivity contribution in [2.24, 2.45) is 7.05 Å². The molecule has 0 aliphatic carbocycles. The van der Waals surface area contributed by atoms with Gasteiger partial charge in [0.1, 0.15) is 0 Å². The molecule has 1 aliphatic heterocycles. The molecule has 1 N–H and O–H groups in total. The van der Waals surface area contributed by atoms with Crippen LogP contribution in [0.25, 0.3) is 11.0 Å². The van der Waals surface area contributed by atoms with E-state index in [1.165, 1.54) is 0 Å². The Hall–Kier alpha value is -3.42. The summed E-state index contributed by atoms with van der Waals surface area (Å²) in [6.45, 7) is 3.44. The van der Waals surface area contributed by atoms with Crippen LogP contribution in [0.2, 0.25) is 0 Å². The van der Waals surface area contributed by atoms with Crippen molar-refractivity contribution >= 4 is 23.0 Å². The molecule has 8 nitrogen and oxygen atoms in total. The first-order valence-corrected chi connectivity index (χ1v) is 10.5. The number of anilines is 1. The molecule has 0 spiro atoms. The van der Waals surface area contributed by atoms with E-state index >= 15 is 0 Å². The van der Waals surface area contributed by atoms with Gasteiger partial charge in [0.25, 0.3) is 0 Å². The molecule has 0 unspecified atom stereocenters. The van der Waals surface area contributed by atoms with Gasteiger partial charge in [-0.1, -0.05) is 18.2 Å². The SMILES string of the molecule is COc1ccc(CCNC(=O)N2CCN(c3nc4ccccc4n3C)CC2)cc1OC. The summed E-state index contributed by atoms with van der Waals surface area (Å²) in [6.07, 6.45) is 0.728. The van der Waals surface area contributed by atoms with Crippen LogP contribution < -0.4 is 19.7 Å². The number of methoxy groups -OCH3 is 2. The number of benzene rings is 2. The number of imidazole rings is 1. The quantitative estimate of drug-likeness (QED) is 0.660. The highest BCUT2D eigenvalue weighted by atomic mass is 16.5. The number of urea groups is 1. The zero-order chi connectivity index (χ0) is 21.8. The number of rotatable bonds is 6. The highest BCUT2D eigenvalue weighted by molar-refractivity contribution is 5.79. The molecule has 1 aliphatic rings. The minimum atomic E-state index is -0.0230. The van der Waals surface area contributed by atoms with Gasteiger partial charge < -0.3 is 29.2 Å². The molecule has 1 fully saturated rings. The molecule has 3 aromatic rings. The lowest BCUT2D eigenvalue weighted by Gasteiger charge is -2.35. The molecule has 8 heteroatoms. The maximum atomic E-state index is 12.6. The molecule has 0 bridgehead atoms. The minimum Gasteiger partial charge on any atom is -0.493 e. The van der Waals surface area contributed by atoms with Gasteiger partial charge in [-0.05, 0) is 36.2 Å². The first kappa shape index (κ1) is 20.8. The van der Waals surface area contributed by atoms with Crippen LogP contribution in [0.15, 0.2) is 42.5 Å². The third-order valence-corrected chi connectivity index (χ3v) is 5.75. The van der Waals surface area contributed by atoms with Gasteiger partial charge >= 0.3 is 6.03 Å². The lowest BCUT2D eigenvalue weighted by atomic mass is 10.1. The van der Waals surface area contributed by atoms with E-state index in [2.05, 4.69) is 20.9 Å². The number of nitrogens with one attached hydrogen (secondary N) is 1. The van der Waals surface area contributed by atoms with Crippen LogP contribution in [0.4, 0.5) is 10.7 Å². The third-order valence-electron chi connectivity index (χ3n) is 5.75. The fourth-order valence-electron chi connectivity index (χ4n) is 3.99. The van der Waals surface area contributed by atoms with Gasteiger partial charge in [-0.15, -0.1) is 0 Å². The number of aryl methyl sites for hydroxylation is 1. The number of nitrogens with zero attached hydrogens (tertiary/aromatic N) is 4. The van der Waals surface area contributed by atoms with Gasteiger partial charge in [0, 0.05) is 39.8 Å². The van der Waals surface area contributed by atoms with Gasteiger partial charge in [0.05, 0.1) is 25.3 Å². The normalized spacial score (nSPS) is 14.0. The van der Waals surface area contributed by atoms with E-state index in [0.717, 1.165) is 42.1 Å². The van der Waals surface area contributed by atoms with Gasteiger partial charge in [-0.3, -0.25) is 0 Å². The number of ether oxygens (including phenoxy) is 2. The zero-order valence-electron chi connectivity index (χ0n) is 18.3. The zero-order valence-corrected chi connectivity index (χ0v) is 18.3. The van der Waals surface area contributed by atoms with Crippen LogP contribution >= 0.6 is 0 Å². The van der Waals surface area contributed by atoms with Crippen LogP contribution in [-0.4, -0.2) is 67.4 Å². The molecule has 1 saturated heterocycles. The fraction of sp³-hybridized carbons (Fsp3) is 0.391. The van der Waals surface area contributed by atoms with Crippen molar-refractivity contribution in [2.75, 3.05) is 51.8 Å². The Morgan fingerprint density at radius 1 is 1.03 bits per heavy atom. The minimum absolute atomic E-state index is 0.0230. The molecule has 31 heavy (non-hydrogen) atoms. The fourth-order valence-corrected chi connectivity index (χ4v) is 3.99. The molecular formula is C23H29N5O3. The van der Waals surface area contributed by atoms with Gasteiger partial charge in [-0.25, -0.2) is 9.78 Å². The molecule has 1 aromatic heterocycles. The van der Waals surface area contributed by atoms with E-state index in [0.29, 0.717) is 31.1 Å². The average molecular weight is 424 g/mol. The van der Waals surface area contributed by atoms with Crippen LogP contribution in [-0.2, 0) is 13.5 Å². The lowest BCUT2D eigenvalue weighted by Crippen LogP contribution is -2.52. The third kappa shape index (κ3) is 4.38. The van der Waals surface area contributed by atoms with E-state index in [1.807, 2.05) is 48.3 Å². The Morgan fingerprint density at radius 2 is 1.77 bits per heavy atom. The number of piperazine rings is 1. The molecule has 2 aromatic carbocycles. The molecule has 0 radical (unpaired) electrons. The van der Waals surface area contributed by atoms with Crippen LogP contribution in [0.3, 0.4) is 0 Å². The molecule has 0 saturated carbocycles. The topological polar surface area (TPSA) is 71.9 Å². The van der Waals surface area contributed by atoms with Crippen molar-refractivity contribution in [2.45, 2.75) is 6.42 Å². The number of hydrogen-bond donors (Lipinski definition) is 1. The summed E-state index contributed by atoms with van der Waals surface area (Å²) < 4.78 is 12.7. The predicted octanol–water partition coefficient (Wildman–Crippen LogP) is 2.66. The number of para-hydroxylation sites is 2. The molecule has 2 heterocycles. The van der Waals surface area contributed by atoms with Crippen molar-refractivity contribution in [3.8, 4) is 11.5 Å². The maximum Gasteiger partial charge on any atom is 0.317 e. The second kappa shape index (κ2) is 9.16. The molecule has 2 amide bonds. The summed E-state index contributed by atoms with van der Waals surface area (Å²) in [7, 11) is 5.28. The van der Waals surface area contributed by atoms with Crippen molar-refractivity contribution in [1.82, 2.24) is 19.8 Å². The monoisotopic (exact) mass is 423 g/mol. The van der Waals surface area contributed by atoms with E-state index in [1.54, 1.807) is 14.2 Å². The summed E-state index contributed by atoms with van der Waals surface area (Å²) in [4.78, 5) is 21.5. The largest absolute Gasteiger partial charge is 0.493 e. The summed E-state index contributed by atoms with van der Waals surface area (Å²) in [5.74, 6) is 2.35. The summed E-state index contributed by atoms with van der Waals surface area (Å²) in [6, 6.07) is 13.9. The Bertz CT molecular complexity index is 1060. The number of carbonyl (C=O) groups excluding carboxylic acids is 1. The Labute approximate surface area is 182 Å². The Morgan fingerprint density at radius 3 is 2.48 bits per heavy atom. The van der Waals surface area contributed by atoms with Crippen molar-refractivity contribution in [3.63, 3.8) is 0 Å². The van der Waals surface area contributed by atoms with Gasteiger partial charge in [0.15, 0.2) is 11.5 Å². The predicted molar refractivity (Wildman–Crippen MR) is 121 cm³/mol. The van der Waals surface area contributed by atoms with E-state index in [4.69, 9.17) is 14.5 Å². The Kier molecular flexibility index (Phi) is 6.16. The van der Waals surface area contributed by atoms with E-state index in [-0.39, 0.29) is 6.03 Å².